The van der Waals surface area contributed by atoms with Gasteiger partial charge in [-0.2, -0.15) is 0 Å². The summed E-state index contributed by atoms with van der Waals surface area (Å²) >= 11 is -2.68. The van der Waals surface area contributed by atoms with E-state index in [1.807, 2.05) is 78.9 Å². The average Bonchev–Trinajstić information content (AvgIpc) is 3.61. The average molecular weight is 979 g/mol. The van der Waals surface area contributed by atoms with E-state index in [2.05, 4.69) is 91.3 Å². The smallest absolute Gasteiger partial charge is 0.305 e. The Kier molecular flexibility index (Phi) is 10.3. The summed E-state index contributed by atoms with van der Waals surface area (Å²) in [6, 6.07) is 42.2. The molecular formula is C50H49GeIrN3O-2. The van der Waals surface area contributed by atoms with E-state index in [1.54, 1.807) is 12.3 Å². The number of benzene rings is 4. The van der Waals surface area contributed by atoms with Crippen LogP contribution in [0.4, 0.5) is 0 Å². The van der Waals surface area contributed by atoms with Crippen LogP contribution in [0.5, 0.6) is 0 Å². The Labute approximate surface area is 357 Å². The van der Waals surface area contributed by atoms with Gasteiger partial charge in [-0.25, -0.2) is 0 Å². The van der Waals surface area contributed by atoms with Crippen LogP contribution in [0.2, 0.25) is 17.3 Å². The van der Waals surface area contributed by atoms with Crippen LogP contribution in [-0.4, -0.2) is 28.2 Å². The van der Waals surface area contributed by atoms with Gasteiger partial charge in [-0.05, 0) is 22.9 Å². The number of rotatable bonds is 7. The summed E-state index contributed by atoms with van der Waals surface area (Å²) in [6.07, 6.45) is 3.25. The third-order valence-corrected chi connectivity index (χ3v) is 14.1. The number of aryl methyl sites for hydroxylation is 2. The zero-order valence-corrected chi connectivity index (χ0v) is 37.3. The molecule has 4 aromatic carbocycles. The maximum absolute atomic E-state index is 8.53. The molecule has 0 spiro atoms. The van der Waals surface area contributed by atoms with Gasteiger partial charge in [0.2, 0.25) is 0 Å². The fraction of sp³-hybridized carbons (Fsp3) is 0.220. The molecule has 0 aliphatic carbocycles. The van der Waals surface area contributed by atoms with Crippen LogP contribution in [0.25, 0.3) is 66.8 Å². The van der Waals surface area contributed by atoms with Crippen LogP contribution in [0.1, 0.15) is 70.1 Å². The molecule has 4 aromatic heterocycles. The first-order valence-electron chi connectivity index (χ1n) is 21.7. The topological polar surface area (TPSA) is 51.8 Å². The molecule has 0 aliphatic heterocycles. The molecule has 0 fully saturated rings. The predicted octanol–water partition coefficient (Wildman–Crippen LogP) is 13.1. The van der Waals surface area contributed by atoms with Crippen molar-refractivity contribution in [1.82, 2.24) is 15.0 Å². The molecule has 6 heteroatoms. The van der Waals surface area contributed by atoms with E-state index < -0.39 is 27.0 Å². The molecule has 1 radical (unpaired) electrons. The number of furan rings is 1. The molecule has 8 aromatic rings. The molecule has 4 nitrogen and oxygen atoms in total. The van der Waals surface area contributed by atoms with Crippen LogP contribution < -0.4 is 4.40 Å². The van der Waals surface area contributed by atoms with E-state index in [0.717, 1.165) is 54.2 Å². The Morgan fingerprint density at radius 1 is 0.696 bits per heavy atom. The van der Waals surface area contributed by atoms with Crippen molar-refractivity contribution in [2.45, 2.75) is 70.5 Å². The van der Waals surface area contributed by atoms with Crippen molar-refractivity contribution in [1.29, 1.82) is 0 Å². The van der Waals surface area contributed by atoms with Gasteiger partial charge in [-0.15, -0.1) is 35.9 Å². The van der Waals surface area contributed by atoms with E-state index in [9.17, 15) is 0 Å². The second-order valence-electron chi connectivity index (χ2n) is 15.5. The van der Waals surface area contributed by atoms with Crippen molar-refractivity contribution in [3.63, 3.8) is 0 Å². The number of nitrogens with zero attached hydrogens (tertiary/aromatic N) is 3. The minimum atomic E-state index is -2.68. The van der Waals surface area contributed by atoms with Gasteiger partial charge in [0.25, 0.3) is 0 Å². The number of fused-ring (bicyclic) bond motifs is 3. The maximum atomic E-state index is 8.53. The summed E-state index contributed by atoms with van der Waals surface area (Å²) in [5.41, 5.74) is 9.88. The van der Waals surface area contributed by atoms with Crippen LogP contribution in [-0.2, 0) is 20.1 Å². The Hall–Kier alpha value is -4.68. The SMILES string of the molecule is [2H]C([2H])([2H])c1cnc(-c2[c-]ccc3c2oc2nc(C([2H])([2H])[2H])[c]([Ge]([CH3])([CH3])[CH3])cc23)cc1-c1c(C(C)C)cc(-c2ccccc2)cc1C(C)C.[Ir].[c-]1ccccc1-c1ccccn1. The van der Waals surface area contributed by atoms with Crippen LogP contribution >= 0.6 is 0 Å². The van der Waals surface area contributed by atoms with Crippen molar-refractivity contribution in [3.05, 3.63) is 156 Å². The van der Waals surface area contributed by atoms with E-state index >= 15 is 0 Å². The Morgan fingerprint density at radius 3 is 2.05 bits per heavy atom. The van der Waals surface area contributed by atoms with Crippen LogP contribution in [0.15, 0.2) is 126 Å². The minimum absolute atomic E-state index is 0. The molecule has 8 rings (SSSR count). The summed E-state index contributed by atoms with van der Waals surface area (Å²) < 4.78 is 57.4. The normalized spacial score (nSPS) is 13.5. The molecule has 0 amide bonds. The van der Waals surface area contributed by atoms with Gasteiger partial charge in [-0.1, -0.05) is 70.2 Å². The molecule has 56 heavy (non-hydrogen) atoms. The first-order chi connectivity index (χ1) is 28.8. The summed E-state index contributed by atoms with van der Waals surface area (Å²) in [5, 5.41) is 1.52. The fourth-order valence-electron chi connectivity index (χ4n) is 7.01. The number of hydrogen-bond acceptors (Lipinski definition) is 4. The second kappa shape index (κ2) is 17.2. The van der Waals surface area contributed by atoms with E-state index in [0.29, 0.717) is 22.4 Å². The molecule has 285 valence electrons. The van der Waals surface area contributed by atoms with Crippen LogP contribution in [0, 0.1) is 25.8 Å². The summed E-state index contributed by atoms with van der Waals surface area (Å²) in [6.45, 7) is 3.74. The third-order valence-electron chi connectivity index (χ3n) is 9.86. The van der Waals surface area contributed by atoms with Gasteiger partial charge in [0.05, 0.1) is 0 Å². The molecule has 0 saturated heterocycles. The van der Waals surface area contributed by atoms with E-state index in [-0.39, 0.29) is 48.9 Å². The molecule has 0 aliphatic rings. The van der Waals surface area contributed by atoms with E-state index in [1.165, 1.54) is 6.20 Å². The first-order valence-corrected chi connectivity index (χ1v) is 26.1. The van der Waals surface area contributed by atoms with Crippen molar-refractivity contribution >= 4 is 39.7 Å². The Balaban J connectivity index is 0.000000422. The monoisotopic (exact) mass is 980 g/mol. The number of hydrogen-bond donors (Lipinski definition) is 0. The molecule has 0 unspecified atom stereocenters. The van der Waals surface area contributed by atoms with Gasteiger partial charge < -0.3 is 4.98 Å². The van der Waals surface area contributed by atoms with Crippen molar-refractivity contribution < 1.29 is 32.7 Å². The fourth-order valence-corrected chi connectivity index (χ4v) is 9.83. The van der Waals surface area contributed by atoms with Crippen LogP contribution in [0.3, 0.4) is 0 Å². The van der Waals surface area contributed by atoms with Gasteiger partial charge >= 0.3 is 199 Å². The van der Waals surface area contributed by atoms with Gasteiger partial charge in [0.1, 0.15) is 0 Å². The molecule has 4 heterocycles. The minimum Gasteiger partial charge on any atom is -0.305 e. The predicted molar refractivity (Wildman–Crippen MR) is 234 cm³/mol. The van der Waals surface area contributed by atoms with Crippen molar-refractivity contribution in [2.24, 2.45) is 0 Å². The number of aromatic nitrogens is 3. The molecular weight excluding hydrogens is 923 g/mol. The zero-order chi connectivity index (χ0) is 43.9. The summed E-state index contributed by atoms with van der Waals surface area (Å²) in [5.74, 6) is 6.66. The third kappa shape index (κ3) is 8.51. The van der Waals surface area contributed by atoms with Gasteiger partial charge in [0.15, 0.2) is 0 Å². The second-order valence-corrected chi connectivity index (χ2v) is 26.1. The Morgan fingerprint density at radius 2 is 1.43 bits per heavy atom. The summed E-state index contributed by atoms with van der Waals surface area (Å²) in [4.78, 5) is 13.5. The zero-order valence-electron chi connectivity index (χ0n) is 38.8. The molecule has 0 N–H and O–H groups in total. The van der Waals surface area contributed by atoms with E-state index in [4.69, 9.17) is 17.6 Å². The van der Waals surface area contributed by atoms with Gasteiger partial charge in [0, 0.05) is 26.3 Å². The molecule has 0 saturated carbocycles. The molecule has 0 bridgehead atoms. The van der Waals surface area contributed by atoms with Gasteiger partial charge in [-0.3, -0.25) is 0 Å². The first kappa shape index (κ1) is 33.5. The summed E-state index contributed by atoms with van der Waals surface area (Å²) in [7, 11) is 0. The molecule has 0 atom stereocenters. The Bertz CT molecular complexity index is 2750. The number of pyridine rings is 3. The standard InChI is InChI=1S/C39H41GeN2O.C11H8N.Ir/c1-23(2)31-18-28(27-14-11-10-12-15-27)19-32(24(3)4)37(31)33-21-36(41-22-25(33)5)30-17-13-16-29-34-20-35(40(7,8)9)26(6)42-39(34)43-38(29)30;1-2-6-10(7-3-1)11-8-4-5-9-12-11;/h10-16,18-24H,1-9H3;1-6,8-9H;/q2*-1;/i5D3,6D3;;. The van der Waals surface area contributed by atoms with Crippen molar-refractivity contribution in [2.75, 3.05) is 0 Å². The quantitative estimate of drug-likeness (QED) is 0.118. The van der Waals surface area contributed by atoms with Crippen molar-refractivity contribution in [3.8, 4) is 44.8 Å².